The van der Waals surface area contributed by atoms with E-state index < -0.39 is 11.1 Å². The second kappa shape index (κ2) is 5.75. The maximum Gasteiger partial charge on any atom is 1.00 e. The molecule has 0 amide bonds. The fourth-order valence-electron chi connectivity index (χ4n) is 1.23. The van der Waals surface area contributed by atoms with E-state index in [2.05, 4.69) is 4.98 Å². The fraction of sp³-hybridized carbons (Fsp3) is 0.100. The maximum absolute atomic E-state index is 10.6. The summed E-state index contributed by atoms with van der Waals surface area (Å²) in [6.45, 7) is 1.75. The van der Waals surface area contributed by atoms with Gasteiger partial charge in [0.25, 0.3) is 0 Å². The van der Waals surface area contributed by atoms with Crippen molar-refractivity contribution >= 4 is 11.1 Å². The molecule has 2 rings (SSSR count). The molecule has 1 aromatic carbocycles. The molecule has 1 atom stereocenters. The maximum atomic E-state index is 10.6. The molecular formula is C10H8NNaO3S. The first-order valence-electron chi connectivity index (χ1n) is 4.28. The van der Waals surface area contributed by atoms with E-state index in [4.69, 9.17) is 4.42 Å². The van der Waals surface area contributed by atoms with Gasteiger partial charge in [-0.25, -0.2) is 4.98 Å². The van der Waals surface area contributed by atoms with Gasteiger partial charge in [-0.15, -0.1) is 0 Å². The van der Waals surface area contributed by atoms with E-state index in [9.17, 15) is 8.76 Å². The number of benzene rings is 1. The average molecular weight is 245 g/mol. The molecule has 0 aliphatic carbocycles. The molecule has 6 heteroatoms. The van der Waals surface area contributed by atoms with Gasteiger partial charge in [-0.1, -0.05) is 12.1 Å². The molecule has 0 N–H and O–H groups in total. The quantitative estimate of drug-likeness (QED) is 0.497. The van der Waals surface area contributed by atoms with Crippen LogP contribution in [0.25, 0.3) is 11.3 Å². The van der Waals surface area contributed by atoms with Crippen molar-refractivity contribution in [3.05, 3.63) is 36.4 Å². The third kappa shape index (κ3) is 3.02. The van der Waals surface area contributed by atoms with Gasteiger partial charge in [0, 0.05) is 17.4 Å². The Morgan fingerprint density at radius 2 is 1.94 bits per heavy atom. The Labute approximate surface area is 118 Å². The van der Waals surface area contributed by atoms with E-state index in [-0.39, 0.29) is 34.5 Å². The summed E-state index contributed by atoms with van der Waals surface area (Å²) >= 11 is -2.18. The first-order valence-corrected chi connectivity index (χ1v) is 5.36. The predicted octanol–water partition coefficient (Wildman–Crippen LogP) is -1.11. The van der Waals surface area contributed by atoms with Gasteiger partial charge in [0.15, 0.2) is 5.89 Å². The van der Waals surface area contributed by atoms with E-state index >= 15 is 0 Å². The monoisotopic (exact) mass is 245 g/mol. The summed E-state index contributed by atoms with van der Waals surface area (Å²) in [4.78, 5) is 4.40. The van der Waals surface area contributed by atoms with Gasteiger partial charge in [0.1, 0.15) is 12.0 Å². The number of oxazole rings is 1. The van der Waals surface area contributed by atoms with Gasteiger partial charge in [-0.3, -0.25) is 4.21 Å². The van der Waals surface area contributed by atoms with Crippen LogP contribution in [0.4, 0.5) is 0 Å². The normalized spacial score (nSPS) is 11.9. The molecule has 0 bridgehead atoms. The van der Waals surface area contributed by atoms with Gasteiger partial charge in [0.05, 0.1) is 0 Å². The first-order chi connectivity index (χ1) is 7.16. The average Bonchev–Trinajstić information content (AvgIpc) is 2.65. The molecule has 16 heavy (non-hydrogen) atoms. The smallest absolute Gasteiger partial charge is 0.768 e. The van der Waals surface area contributed by atoms with Crippen LogP contribution in [0.15, 0.2) is 39.8 Å². The van der Waals surface area contributed by atoms with Gasteiger partial charge < -0.3 is 8.97 Å². The zero-order valence-electron chi connectivity index (χ0n) is 8.97. The molecule has 78 valence electrons. The molecule has 0 aliphatic heterocycles. The molecule has 0 saturated carbocycles. The van der Waals surface area contributed by atoms with Crippen molar-refractivity contribution in [3.8, 4) is 11.3 Å². The fourth-order valence-corrected chi connectivity index (χ4v) is 1.59. The second-order valence-corrected chi connectivity index (χ2v) is 3.95. The van der Waals surface area contributed by atoms with Gasteiger partial charge in [0.2, 0.25) is 0 Å². The third-order valence-corrected chi connectivity index (χ3v) is 2.62. The molecular weight excluding hydrogens is 237 g/mol. The summed E-state index contributed by atoms with van der Waals surface area (Å²) < 4.78 is 26.3. The number of aromatic nitrogens is 1. The molecule has 0 spiro atoms. The minimum atomic E-state index is -2.18. The van der Waals surface area contributed by atoms with Gasteiger partial charge >= 0.3 is 29.6 Å². The number of rotatable bonds is 2. The Hall–Kier alpha value is -0.460. The van der Waals surface area contributed by atoms with Crippen LogP contribution < -0.4 is 29.6 Å². The Kier molecular flexibility index (Phi) is 4.89. The first kappa shape index (κ1) is 13.6. The van der Waals surface area contributed by atoms with Crippen molar-refractivity contribution in [2.45, 2.75) is 11.8 Å². The summed E-state index contributed by atoms with van der Waals surface area (Å²) in [5, 5.41) is 0. The van der Waals surface area contributed by atoms with E-state index in [1.165, 1.54) is 12.1 Å². The molecule has 2 aromatic rings. The molecule has 0 radical (unpaired) electrons. The van der Waals surface area contributed by atoms with E-state index in [1.807, 2.05) is 0 Å². The summed E-state index contributed by atoms with van der Waals surface area (Å²) in [6, 6.07) is 6.45. The van der Waals surface area contributed by atoms with Crippen LogP contribution in [0.3, 0.4) is 0 Å². The molecule has 1 heterocycles. The molecule has 0 fully saturated rings. The van der Waals surface area contributed by atoms with Gasteiger partial charge in [-0.2, -0.15) is 0 Å². The van der Waals surface area contributed by atoms with Crippen molar-refractivity contribution in [1.29, 1.82) is 0 Å². The Morgan fingerprint density at radius 3 is 2.38 bits per heavy atom. The number of aryl methyl sites for hydroxylation is 1. The van der Waals surface area contributed by atoms with Crippen LogP contribution in [0.5, 0.6) is 0 Å². The minimum Gasteiger partial charge on any atom is -0.768 e. The van der Waals surface area contributed by atoms with Crippen molar-refractivity contribution < 1.29 is 42.7 Å². The largest absolute Gasteiger partial charge is 1.00 e. The van der Waals surface area contributed by atoms with Crippen LogP contribution >= 0.6 is 0 Å². The van der Waals surface area contributed by atoms with Crippen LogP contribution in [0.1, 0.15) is 5.89 Å². The number of hydrogen-bond donors (Lipinski definition) is 0. The Bertz CT molecular complexity index is 495. The number of nitrogens with zero attached hydrogens (tertiary/aromatic N) is 1. The molecule has 1 unspecified atom stereocenters. The summed E-state index contributed by atoms with van der Waals surface area (Å²) in [6.07, 6.45) is 1.54. The van der Waals surface area contributed by atoms with Crippen molar-refractivity contribution in [3.63, 3.8) is 0 Å². The van der Waals surface area contributed by atoms with Crippen molar-refractivity contribution in [1.82, 2.24) is 4.98 Å². The van der Waals surface area contributed by atoms with Gasteiger partial charge in [-0.05, 0) is 23.2 Å². The van der Waals surface area contributed by atoms with E-state index in [0.29, 0.717) is 11.6 Å². The standard InChI is InChI=1S/C10H9NO3S.Na/c1-7-11-10(6-14-7)8-2-4-9(5-3-8)15(12)13;/h2-6H,1H3,(H,12,13);/q;+1/p-1. The predicted molar refractivity (Wildman–Crippen MR) is 53.9 cm³/mol. The van der Waals surface area contributed by atoms with Crippen LogP contribution in [-0.2, 0) is 11.1 Å². The molecule has 0 aliphatic rings. The minimum absolute atomic E-state index is 0. The molecule has 4 nitrogen and oxygen atoms in total. The van der Waals surface area contributed by atoms with Crippen LogP contribution in [0, 0.1) is 6.92 Å². The zero-order chi connectivity index (χ0) is 10.8. The zero-order valence-corrected chi connectivity index (χ0v) is 11.8. The summed E-state index contributed by atoms with van der Waals surface area (Å²) in [7, 11) is 0. The summed E-state index contributed by atoms with van der Waals surface area (Å²) in [5.41, 5.74) is 1.54. The summed E-state index contributed by atoms with van der Waals surface area (Å²) in [5.74, 6) is 0.585. The third-order valence-electron chi connectivity index (χ3n) is 1.96. The SMILES string of the molecule is Cc1nc(-c2ccc(S(=O)[O-])cc2)co1.[Na+]. The second-order valence-electron chi connectivity index (χ2n) is 3.01. The Morgan fingerprint density at radius 1 is 1.31 bits per heavy atom. The number of hydrogen-bond acceptors (Lipinski definition) is 4. The molecule has 1 aromatic heterocycles. The van der Waals surface area contributed by atoms with Crippen LogP contribution in [0.2, 0.25) is 0 Å². The van der Waals surface area contributed by atoms with Crippen molar-refractivity contribution in [2.24, 2.45) is 0 Å². The van der Waals surface area contributed by atoms with Crippen LogP contribution in [-0.4, -0.2) is 13.7 Å². The topological polar surface area (TPSA) is 66.2 Å². The van der Waals surface area contributed by atoms with Crippen molar-refractivity contribution in [2.75, 3.05) is 0 Å². The van der Waals surface area contributed by atoms with E-state index in [0.717, 1.165) is 5.56 Å². The molecule has 0 saturated heterocycles. The Balaban J connectivity index is 0.00000128. The van der Waals surface area contributed by atoms with E-state index in [1.54, 1.807) is 25.3 Å².